The molecule has 2 rings (SSSR count). The fraction of sp³-hybridized carbons (Fsp3) is 0.100. The van der Waals surface area contributed by atoms with Crippen molar-refractivity contribution in [3.63, 3.8) is 0 Å². The molecular weight excluding hydrogens is 258 g/mol. The minimum atomic E-state index is 0.0642. The van der Waals surface area contributed by atoms with Gasteiger partial charge in [0.05, 0.1) is 7.11 Å². The van der Waals surface area contributed by atoms with Crippen LogP contribution in [0, 0.1) is 0 Å². The Morgan fingerprint density at radius 2 is 2.22 bits per heavy atom. The lowest BCUT2D eigenvalue weighted by Gasteiger charge is -2.05. The van der Waals surface area contributed by atoms with Gasteiger partial charge in [-0.05, 0) is 28.5 Å². The van der Waals surface area contributed by atoms with Gasteiger partial charge in [0.2, 0.25) is 0 Å². The Balaban J connectivity index is 2.44. The number of nitrogens with two attached hydrogens (primary N) is 2. The van der Waals surface area contributed by atoms with Gasteiger partial charge >= 0.3 is 0 Å². The number of halogens is 1. The van der Waals surface area contributed by atoms with Crippen molar-refractivity contribution >= 4 is 28.9 Å². The molecule has 1 aromatic heterocycles. The molecule has 0 aliphatic heterocycles. The summed E-state index contributed by atoms with van der Waals surface area (Å²) < 4.78 is 9.58. The number of amidine groups is 1. The molecule has 2 aromatic rings. The van der Waals surface area contributed by atoms with Gasteiger partial charge < -0.3 is 16.2 Å². The quantitative estimate of drug-likeness (QED) is 0.641. The Labute approximate surface area is 107 Å². The first kappa shape index (κ1) is 12.2. The second kappa shape index (κ2) is 4.92. The van der Waals surface area contributed by atoms with Crippen LogP contribution in [-0.4, -0.2) is 23.3 Å². The third-order valence-electron chi connectivity index (χ3n) is 2.14. The molecule has 0 spiro atoms. The number of benzene rings is 1. The van der Waals surface area contributed by atoms with Crippen molar-refractivity contribution in [3.8, 4) is 5.75 Å². The Morgan fingerprint density at radius 3 is 2.83 bits per heavy atom. The molecule has 0 unspecified atom stereocenters. The van der Waals surface area contributed by atoms with Gasteiger partial charge in [-0.1, -0.05) is 11.6 Å². The summed E-state index contributed by atoms with van der Waals surface area (Å²) in [4.78, 5) is 4.14. The molecule has 0 amide bonds. The zero-order chi connectivity index (χ0) is 13.1. The average Bonchev–Trinajstić information content (AvgIpc) is 2.76. The number of ether oxygens (including phenoxy) is 1. The van der Waals surface area contributed by atoms with E-state index in [1.54, 1.807) is 18.2 Å². The SMILES string of the molecule is COc1ccc(Cl)cc1N=C(N)c1nonc1N. The first-order chi connectivity index (χ1) is 8.61. The zero-order valence-corrected chi connectivity index (χ0v) is 10.2. The van der Waals surface area contributed by atoms with Crippen molar-refractivity contribution in [2.75, 3.05) is 12.8 Å². The predicted octanol–water partition coefficient (Wildman–Crippen LogP) is 1.35. The van der Waals surface area contributed by atoms with Gasteiger partial charge in [0, 0.05) is 5.02 Å². The molecule has 1 heterocycles. The molecule has 0 aliphatic carbocycles. The number of aliphatic imine (C=N–C) groups is 1. The fourth-order valence-electron chi connectivity index (χ4n) is 1.31. The molecule has 8 heteroatoms. The second-order valence-electron chi connectivity index (χ2n) is 3.31. The van der Waals surface area contributed by atoms with E-state index in [0.717, 1.165) is 0 Å². The monoisotopic (exact) mass is 267 g/mol. The van der Waals surface area contributed by atoms with Gasteiger partial charge in [0.1, 0.15) is 11.4 Å². The van der Waals surface area contributed by atoms with Crippen LogP contribution in [0.25, 0.3) is 0 Å². The Kier molecular flexibility index (Phi) is 3.33. The molecule has 7 nitrogen and oxygen atoms in total. The maximum atomic E-state index is 5.88. The average molecular weight is 268 g/mol. The van der Waals surface area contributed by atoms with Crippen LogP contribution >= 0.6 is 11.6 Å². The molecular formula is C10H10ClN5O2. The Morgan fingerprint density at radius 1 is 1.44 bits per heavy atom. The Bertz CT molecular complexity index is 596. The maximum absolute atomic E-state index is 5.88. The highest BCUT2D eigenvalue weighted by Gasteiger charge is 2.12. The number of nitrogen functional groups attached to an aromatic ring is 1. The number of nitrogens with zero attached hydrogens (tertiary/aromatic N) is 3. The molecule has 0 atom stereocenters. The predicted molar refractivity (Wildman–Crippen MR) is 67.1 cm³/mol. The molecule has 0 radical (unpaired) electrons. The third kappa shape index (κ3) is 2.35. The van der Waals surface area contributed by atoms with Crippen LogP contribution in [-0.2, 0) is 0 Å². The van der Waals surface area contributed by atoms with E-state index in [-0.39, 0.29) is 17.3 Å². The summed E-state index contributed by atoms with van der Waals surface area (Å²) in [6, 6.07) is 4.97. The minimum Gasteiger partial charge on any atom is -0.494 e. The normalized spacial score (nSPS) is 11.6. The highest BCUT2D eigenvalue weighted by Crippen LogP contribution is 2.30. The summed E-state index contributed by atoms with van der Waals surface area (Å²) in [6.07, 6.45) is 0. The van der Waals surface area contributed by atoms with Crippen LogP contribution in [0.15, 0.2) is 27.8 Å². The molecule has 0 aliphatic rings. The van der Waals surface area contributed by atoms with Crippen molar-refractivity contribution in [2.45, 2.75) is 0 Å². The maximum Gasteiger partial charge on any atom is 0.199 e. The van der Waals surface area contributed by atoms with Gasteiger partial charge in [0.25, 0.3) is 0 Å². The van der Waals surface area contributed by atoms with Crippen LogP contribution in [0.4, 0.5) is 11.5 Å². The van der Waals surface area contributed by atoms with Gasteiger partial charge in [-0.15, -0.1) is 0 Å². The lowest BCUT2D eigenvalue weighted by Crippen LogP contribution is -2.15. The standard InChI is InChI=1S/C10H10ClN5O2/c1-17-7-3-2-5(11)4-6(7)14-9(12)8-10(13)16-18-15-8/h2-4H,1H3,(H2,12,14)(H2,13,16). The molecule has 4 N–H and O–H groups in total. The van der Waals surface area contributed by atoms with Crippen molar-refractivity contribution in [1.29, 1.82) is 0 Å². The van der Waals surface area contributed by atoms with Gasteiger partial charge in [-0.25, -0.2) is 9.62 Å². The van der Waals surface area contributed by atoms with Crippen LogP contribution in [0.5, 0.6) is 5.75 Å². The third-order valence-corrected chi connectivity index (χ3v) is 2.37. The first-order valence-corrected chi connectivity index (χ1v) is 5.25. The summed E-state index contributed by atoms with van der Waals surface area (Å²) in [7, 11) is 1.52. The number of aromatic nitrogens is 2. The van der Waals surface area contributed by atoms with E-state index in [1.807, 2.05) is 0 Å². The number of rotatable bonds is 3. The zero-order valence-electron chi connectivity index (χ0n) is 9.42. The summed E-state index contributed by atoms with van der Waals surface area (Å²) >= 11 is 5.88. The van der Waals surface area contributed by atoms with E-state index in [4.69, 9.17) is 27.8 Å². The minimum absolute atomic E-state index is 0.0642. The molecule has 18 heavy (non-hydrogen) atoms. The van der Waals surface area contributed by atoms with E-state index in [1.165, 1.54) is 7.11 Å². The van der Waals surface area contributed by atoms with Crippen LogP contribution in [0.2, 0.25) is 5.02 Å². The van der Waals surface area contributed by atoms with E-state index in [0.29, 0.717) is 16.5 Å². The smallest absolute Gasteiger partial charge is 0.199 e. The molecule has 0 fully saturated rings. The van der Waals surface area contributed by atoms with Gasteiger partial charge in [-0.3, -0.25) is 0 Å². The topological polar surface area (TPSA) is 113 Å². The van der Waals surface area contributed by atoms with Crippen LogP contribution in [0.1, 0.15) is 5.69 Å². The highest BCUT2D eigenvalue weighted by atomic mass is 35.5. The van der Waals surface area contributed by atoms with Crippen LogP contribution in [0.3, 0.4) is 0 Å². The largest absolute Gasteiger partial charge is 0.494 e. The van der Waals surface area contributed by atoms with E-state index in [9.17, 15) is 0 Å². The lowest BCUT2D eigenvalue weighted by atomic mass is 10.3. The van der Waals surface area contributed by atoms with E-state index < -0.39 is 0 Å². The first-order valence-electron chi connectivity index (χ1n) is 4.88. The molecule has 0 saturated carbocycles. The molecule has 0 bridgehead atoms. The number of anilines is 1. The number of methoxy groups -OCH3 is 1. The van der Waals surface area contributed by atoms with Crippen molar-refractivity contribution < 1.29 is 9.37 Å². The van der Waals surface area contributed by atoms with E-state index in [2.05, 4.69) is 19.9 Å². The number of hydrogen-bond acceptors (Lipinski definition) is 6. The number of hydrogen-bond donors (Lipinski definition) is 2. The Hall–Kier alpha value is -2.28. The van der Waals surface area contributed by atoms with Gasteiger partial charge in [0.15, 0.2) is 17.3 Å². The van der Waals surface area contributed by atoms with Gasteiger partial charge in [-0.2, -0.15) is 0 Å². The summed E-state index contributed by atoms with van der Waals surface area (Å²) in [6.45, 7) is 0. The molecule has 0 saturated heterocycles. The lowest BCUT2D eigenvalue weighted by molar-refractivity contribution is 0.308. The fourth-order valence-corrected chi connectivity index (χ4v) is 1.47. The summed E-state index contributed by atoms with van der Waals surface area (Å²) in [5.74, 6) is 0.656. The second-order valence-corrected chi connectivity index (χ2v) is 3.75. The van der Waals surface area contributed by atoms with Crippen molar-refractivity contribution in [3.05, 3.63) is 28.9 Å². The van der Waals surface area contributed by atoms with Crippen molar-refractivity contribution in [2.24, 2.45) is 10.7 Å². The van der Waals surface area contributed by atoms with Crippen molar-refractivity contribution in [1.82, 2.24) is 10.3 Å². The van der Waals surface area contributed by atoms with E-state index >= 15 is 0 Å². The summed E-state index contributed by atoms with van der Waals surface area (Å²) in [5, 5.41) is 7.47. The molecule has 94 valence electrons. The highest BCUT2D eigenvalue weighted by molar-refractivity contribution is 6.30. The summed E-state index contributed by atoms with van der Waals surface area (Å²) in [5.41, 5.74) is 11.9. The molecule has 1 aromatic carbocycles. The van der Waals surface area contributed by atoms with Crippen LogP contribution < -0.4 is 16.2 Å².